The van der Waals surface area contributed by atoms with Crippen molar-refractivity contribution >= 4 is 17.1 Å². The third-order valence-corrected chi connectivity index (χ3v) is 10.3. The van der Waals surface area contributed by atoms with Crippen LogP contribution in [0.2, 0.25) is 0 Å². The second-order valence-electron chi connectivity index (χ2n) is 12.6. The molecule has 43 heavy (non-hydrogen) atoms. The van der Waals surface area contributed by atoms with Crippen molar-refractivity contribution < 1.29 is 4.74 Å². The van der Waals surface area contributed by atoms with E-state index in [1.807, 2.05) is 36.5 Å². The Kier molecular flexibility index (Phi) is 7.63. The Morgan fingerprint density at radius 1 is 0.907 bits per heavy atom. The fraction of sp³-hybridized carbons (Fsp3) is 0.417. The third kappa shape index (κ3) is 5.41. The van der Waals surface area contributed by atoms with Crippen molar-refractivity contribution in [1.29, 1.82) is 5.26 Å². The predicted octanol–water partition coefficient (Wildman–Crippen LogP) is 6.85. The van der Waals surface area contributed by atoms with E-state index < -0.39 is 0 Å². The first-order chi connectivity index (χ1) is 21.1. The summed E-state index contributed by atoms with van der Waals surface area (Å²) in [6.07, 6.45) is 10.1. The van der Waals surface area contributed by atoms with Crippen molar-refractivity contribution in [3.63, 3.8) is 0 Å². The number of amidine groups is 1. The van der Waals surface area contributed by atoms with Gasteiger partial charge in [-0.1, -0.05) is 60.7 Å². The summed E-state index contributed by atoms with van der Waals surface area (Å²) < 4.78 is 8.60. The van der Waals surface area contributed by atoms with Crippen LogP contribution in [0.5, 0.6) is 5.75 Å². The van der Waals surface area contributed by atoms with Crippen LogP contribution in [0.3, 0.4) is 0 Å². The minimum Gasteiger partial charge on any atom is -0.425 e. The number of fused-ring (bicyclic) bond motifs is 3. The number of para-hydroxylation sites is 3. The molecule has 3 fully saturated rings. The summed E-state index contributed by atoms with van der Waals surface area (Å²) >= 11 is 0. The van der Waals surface area contributed by atoms with E-state index in [1.54, 1.807) is 0 Å². The molecule has 4 heterocycles. The lowest BCUT2D eigenvalue weighted by molar-refractivity contribution is 0.0878. The van der Waals surface area contributed by atoms with Gasteiger partial charge >= 0.3 is 6.02 Å². The minimum atomic E-state index is 0.0929. The molecule has 7 nitrogen and oxygen atoms in total. The van der Waals surface area contributed by atoms with E-state index in [-0.39, 0.29) is 5.41 Å². The molecule has 3 aliphatic rings. The highest BCUT2D eigenvalue weighted by atomic mass is 16.5. The summed E-state index contributed by atoms with van der Waals surface area (Å²) in [5.74, 6) is 1.85. The molecule has 1 aromatic heterocycles. The van der Waals surface area contributed by atoms with Crippen molar-refractivity contribution in [2.75, 3.05) is 19.6 Å². The van der Waals surface area contributed by atoms with Gasteiger partial charge in [0.1, 0.15) is 11.6 Å². The first kappa shape index (κ1) is 27.7. The molecule has 7 rings (SSSR count). The summed E-state index contributed by atoms with van der Waals surface area (Å²) in [5, 5.41) is 9.40. The maximum Gasteiger partial charge on any atom is 0.308 e. The Morgan fingerprint density at radius 2 is 1.56 bits per heavy atom. The summed E-state index contributed by atoms with van der Waals surface area (Å²) in [4.78, 5) is 14.0. The summed E-state index contributed by atoms with van der Waals surface area (Å²) in [6, 6.07) is 31.5. The highest BCUT2D eigenvalue weighted by Gasteiger charge is 2.44. The normalized spacial score (nSPS) is 23.8. The molecule has 2 bridgehead atoms. The van der Waals surface area contributed by atoms with E-state index in [1.165, 1.54) is 36.8 Å². The fourth-order valence-corrected chi connectivity index (χ4v) is 8.19. The molecule has 0 radical (unpaired) electrons. The molecule has 3 aromatic carbocycles. The summed E-state index contributed by atoms with van der Waals surface area (Å²) in [6.45, 7) is 4.91. The topological polar surface area (TPSA) is 69.7 Å². The van der Waals surface area contributed by atoms with Crippen molar-refractivity contribution in [3.8, 4) is 11.9 Å². The van der Waals surface area contributed by atoms with Crippen LogP contribution < -0.4 is 4.74 Å². The van der Waals surface area contributed by atoms with Crippen LogP contribution in [-0.4, -0.2) is 57.1 Å². The Bertz CT molecular complexity index is 1600. The van der Waals surface area contributed by atoms with Gasteiger partial charge in [-0.15, -0.1) is 4.99 Å². The third-order valence-electron chi connectivity index (χ3n) is 10.3. The molecule has 220 valence electrons. The van der Waals surface area contributed by atoms with E-state index in [4.69, 9.17) is 9.72 Å². The Morgan fingerprint density at radius 3 is 2.26 bits per heavy atom. The van der Waals surface area contributed by atoms with Crippen LogP contribution in [-0.2, 0) is 5.41 Å². The number of rotatable bonds is 6. The van der Waals surface area contributed by atoms with E-state index in [9.17, 15) is 5.26 Å². The Balaban J connectivity index is 1.06. The molecule has 3 aliphatic heterocycles. The zero-order valence-corrected chi connectivity index (χ0v) is 25.0. The monoisotopic (exact) mass is 572 g/mol. The van der Waals surface area contributed by atoms with Crippen LogP contribution in [0, 0.1) is 18.4 Å². The van der Waals surface area contributed by atoms with E-state index >= 15 is 0 Å². The minimum absolute atomic E-state index is 0.0929. The van der Waals surface area contributed by atoms with Gasteiger partial charge in [-0.05, 0) is 93.7 Å². The first-order valence-corrected chi connectivity index (χ1v) is 15.8. The number of hydrogen-bond acceptors (Lipinski definition) is 5. The van der Waals surface area contributed by atoms with Gasteiger partial charge in [0.2, 0.25) is 6.19 Å². The van der Waals surface area contributed by atoms with Crippen LogP contribution in [0.4, 0.5) is 0 Å². The summed E-state index contributed by atoms with van der Waals surface area (Å²) in [7, 11) is 0. The Hall–Kier alpha value is -4.15. The summed E-state index contributed by atoms with van der Waals surface area (Å²) in [5.41, 5.74) is 3.92. The van der Waals surface area contributed by atoms with E-state index in [0.29, 0.717) is 29.9 Å². The number of benzene rings is 3. The number of piperidine rings is 2. The molecule has 0 saturated carbocycles. The van der Waals surface area contributed by atoms with Gasteiger partial charge in [-0.3, -0.25) is 4.90 Å². The highest BCUT2D eigenvalue weighted by molar-refractivity contribution is 5.77. The molecule has 0 unspecified atom stereocenters. The van der Waals surface area contributed by atoms with Gasteiger partial charge in [0, 0.05) is 31.2 Å². The molecule has 3 saturated heterocycles. The lowest BCUT2D eigenvalue weighted by Gasteiger charge is -2.46. The predicted molar refractivity (Wildman–Crippen MR) is 170 cm³/mol. The number of nitrogens with zero attached hydrogens (tertiary/aromatic N) is 6. The number of hydrogen-bond donors (Lipinski definition) is 0. The standard InChI is InChI=1S/C36H40N6O/c1-27-39-33-14-8-9-15-34(33)42(27)31-24-29-16-17-30(25-31)41(29)23-20-36(28-10-4-2-5-11-28)18-21-40(22-19-36)35(38-26-37)43-32-12-6-3-7-13-32/h2-15,29-31H,16-25H2,1H3/b38-35-/t29-,30+,31+. The molecule has 0 spiro atoms. The number of likely N-dealkylation sites (tertiary alicyclic amines) is 1. The second kappa shape index (κ2) is 11.9. The number of aromatic nitrogens is 2. The molecular weight excluding hydrogens is 532 g/mol. The molecule has 4 aromatic rings. The van der Waals surface area contributed by atoms with Gasteiger partial charge < -0.3 is 14.2 Å². The lowest BCUT2D eigenvalue weighted by atomic mass is 9.70. The quantitative estimate of drug-likeness (QED) is 0.144. The molecule has 0 aliphatic carbocycles. The molecule has 0 N–H and O–H groups in total. The van der Waals surface area contributed by atoms with E-state index in [0.717, 1.165) is 50.2 Å². The first-order valence-electron chi connectivity index (χ1n) is 15.8. The molecular formula is C36H40N6O. The zero-order valence-electron chi connectivity index (χ0n) is 25.0. The van der Waals surface area contributed by atoms with Crippen molar-refractivity contribution in [2.24, 2.45) is 4.99 Å². The molecule has 0 amide bonds. The number of aliphatic imine (C=N–C) groups is 1. The molecule has 7 heteroatoms. The SMILES string of the molecule is Cc1nc2ccccc2n1[C@H]1C[C@H]2CC[C@@H](C1)N2CCC1(c2ccccc2)CCN(/C(=N/C#N)Oc2ccccc2)CC1. The zero-order chi connectivity index (χ0) is 29.2. The average molecular weight is 573 g/mol. The largest absolute Gasteiger partial charge is 0.425 e. The maximum absolute atomic E-state index is 9.40. The second-order valence-corrected chi connectivity index (χ2v) is 12.6. The number of ether oxygens (including phenoxy) is 1. The van der Waals surface area contributed by atoms with Crippen LogP contribution in [0.25, 0.3) is 11.0 Å². The van der Waals surface area contributed by atoms with E-state index in [2.05, 4.69) is 80.9 Å². The van der Waals surface area contributed by atoms with Gasteiger partial charge in [-0.25, -0.2) is 4.98 Å². The fourth-order valence-electron chi connectivity index (χ4n) is 8.19. The average Bonchev–Trinajstić information content (AvgIpc) is 3.51. The highest BCUT2D eigenvalue weighted by Crippen LogP contribution is 2.45. The van der Waals surface area contributed by atoms with Gasteiger partial charge in [0.15, 0.2) is 0 Å². The number of nitriles is 1. The van der Waals surface area contributed by atoms with Crippen molar-refractivity contribution in [1.82, 2.24) is 19.4 Å². The van der Waals surface area contributed by atoms with Crippen molar-refractivity contribution in [3.05, 3.63) is 96.3 Å². The van der Waals surface area contributed by atoms with Crippen LogP contribution >= 0.6 is 0 Å². The number of imidazole rings is 1. The van der Waals surface area contributed by atoms with Gasteiger partial charge in [-0.2, -0.15) is 5.26 Å². The Labute approximate surface area is 254 Å². The smallest absolute Gasteiger partial charge is 0.308 e. The molecule has 3 atom stereocenters. The number of aryl methyl sites for hydroxylation is 1. The van der Waals surface area contributed by atoms with Crippen molar-refractivity contribution in [2.45, 2.75) is 75.4 Å². The van der Waals surface area contributed by atoms with Gasteiger partial charge in [0.25, 0.3) is 0 Å². The van der Waals surface area contributed by atoms with Gasteiger partial charge in [0.05, 0.1) is 11.0 Å². The van der Waals surface area contributed by atoms with Crippen LogP contribution in [0.1, 0.15) is 62.4 Å². The maximum atomic E-state index is 9.40. The lowest BCUT2D eigenvalue weighted by Crippen LogP contribution is -2.49. The van der Waals surface area contributed by atoms with Crippen LogP contribution in [0.15, 0.2) is 89.9 Å².